The van der Waals surface area contributed by atoms with Crippen molar-refractivity contribution in [2.75, 3.05) is 13.1 Å². The zero-order chi connectivity index (χ0) is 15.9. The van der Waals surface area contributed by atoms with Crippen LogP contribution in [0.5, 0.6) is 0 Å². The van der Waals surface area contributed by atoms with Crippen LogP contribution in [-0.2, 0) is 11.2 Å². The topological polar surface area (TPSA) is 41.1 Å². The minimum absolute atomic E-state index is 0. The highest BCUT2D eigenvalue weighted by atomic mass is 79.9. The number of carbonyl (C=O) groups excluding carboxylic acids is 1. The van der Waals surface area contributed by atoms with Gasteiger partial charge in [-0.25, -0.2) is 0 Å². The maximum absolute atomic E-state index is 12.2. The van der Waals surface area contributed by atoms with Gasteiger partial charge in [0.15, 0.2) is 0 Å². The number of benzene rings is 1. The molecule has 1 saturated heterocycles. The van der Waals surface area contributed by atoms with Crippen LogP contribution in [0.1, 0.15) is 38.7 Å². The van der Waals surface area contributed by atoms with Gasteiger partial charge < -0.3 is 10.6 Å². The summed E-state index contributed by atoms with van der Waals surface area (Å²) < 4.78 is 1.09. The van der Waals surface area contributed by atoms with E-state index < -0.39 is 0 Å². The number of halogens is 2. The first-order valence-electron chi connectivity index (χ1n) is 8.29. The van der Waals surface area contributed by atoms with Gasteiger partial charge in [0.05, 0.1) is 0 Å². The minimum atomic E-state index is 0. The number of rotatable bonds is 6. The van der Waals surface area contributed by atoms with Crippen LogP contribution in [0.15, 0.2) is 28.7 Å². The monoisotopic (exact) mass is 402 g/mol. The number of nitrogens with one attached hydrogen (secondary N) is 2. The molecule has 0 radical (unpaired) electrons. The third kappa shape index (κ3) is 7.23. The second-order valence-corrected chi connectivity index (χ2v) is 7.50. The van der Waals surface area contributed by atoms with E-state index in [0.717, 1.165) is 24.0 Å². The molecule has 1 fully saturated rings. The second kappa shape index (κ2) is 10.3. The van der Waals surface area contributed by atoms with Gasteiger partial charge in [0, 0.05) is 16.9 Å². The normalized spacial score (nSPS) is 20.2. The van der Waals surface area contributed by atoms with E-state index in [1.54, 1.807) is 0 Å². The van der Waals surface area contributed by atoms with Crippen LogP contribution in [-0.4, -0.2) is 25.0 Å². The standard InChI is InChI=1S/C18H27BrN2O.ClH/c1-13(16-4-3-9-20-12-16)10-18(22)21-14(2)11-15-5-7-17(19)8-6-15;/h5-8,13-14,16,20H,3-4,9-12H2,1-2H3,(H,21,22);1H. The van der Waals surface area contributed by atoms with Gasteiger partial charge in [-0.15, -0.1) is 12.4 Å². The Hall–Kier alpha value is -0.580. The van der Waals surface area contributed by atoms with E-state index >= 15 is 0 Å². The molecule has 1 heterocycles. The Bertz CT molecular complexity index is 474. The van der Waals surface area contributed by atoms with Crippen LogP contribution in [0.3, 0.4) is 0 Å². The Morgan fingerprint density at radius 2 is 2.04 bits per heavy atom. The Morgan fingerprint density at radius 1 is 1.35 bits per heavy atom. The molecule has 130 valence electrons. The zero-order valence-electron chi connectivity index (χ0n) is 14.0. The Labute approximate surface area is 154 Å². The SMILES string of the molecule is CC(Cc1ccc(Br)cc1)NC(=O)CC(C)C1CCCNC1.Cl. The molecule has 0 bridgehead atoms. The molecule has 2 rings (SSSR count). The molecule has 1 aromatic rings. The van der Waals surface area contributed by atoms with Gasteiger partial charge in [0.1, 0.15) is 0 Å². The third-order valence-corrected chi connectivity index (χ3v) is 5.04. The van der Waals surface area contributed by atoms with Crippen LogP contribution < -0.4 is 10.6 Å². The van der Waals surface area contributed by atoms with E-state index in [2.05, 4.69) is 52.5 Å². The number of amides is 1. The summed E-state index contributed by atoms with van der Waals surface area (Å²) in [6, 6.07) is 8.46. The summed E-state index contributed by atoms with van der Waals surface area (Å²) >= 11 is 3.44. The Kier molecular flexibility index (Phi) is 9.18. The summed E-state index contributed by atoms with van der Waals surface area (Å²) in [7, 11) is 0. The van der Waals surface area contributed by atoms with Gasteiger partial charge in [0.25, 0.3) is 0 Å². The molecule has 3 atom stereocenters. The maximum atomic E-state index is 12.2. The molecule has 3 unspecified atom stereocenters. The van der Waals surface area contributed by atoms with Gasteiger partial charge in [-0.05, 0) is 68.8 Å². The minimum Gasteiger partial charge on any atom is -0.353 e. The lowest BCUT2D eigenvalue weighted by atomic mass is 9.85. The molecule has 0 aromatic heterocycles. The van der Waals surface area contributed by atoms with Crippen molar-refractivity contribution < 1.29 is 4.79 Å². The summed E-state index contributed by atoms with van der Waals surface area (Å²) in [6.07, 6.45) is 3.99. The average molecular weight is 404 g/mol. The van der Waals surface area contributed by atoms with Crippen molar-refractivity contribution in [3.63, 3.8) is 0 Å². The van der Waals surface area contributed by atoms with Crippen molar-refractivity contribution >= 4 is 34.2 Å². The summed E-state index contributed by atoms with van der Waals surface area (Å²) in [5.74, 6) is 1.27. The van der Waals surface area contributed by atoms with Crippen molar-refractivity contribution in [1.82, 2.24) is 10.6 Å². The van der Waals surface area contributed by atoms with Crippen LogP contribution in [0.4, 0.5) is 0 Å². The first-order valence-corrected chi connectivity index (χ1v) is 9.08. The maximum Gasteiger partial charge on any atom is 0.220 e. The predicted molar refractivity (Wildman–Crippen MR) is 102 cm³/mol. The zero-order valence-corrected chi connectivity index (χ0v) is 16.4. The molecule has 0 spiro atoms. The number of hydrogen-bond donors (Lipinski definition) is 2. The molecule has 1 aliphatic rings. The van der Waals surface area contributed by atoms with Gasteiger partial charge >= 0.3 is 0 Å². The molecular weight excluding hydrogens is 376 g/mol. The lowest BCUT2D eigenvalue weighted by molar-refractivity contribution is -0.122. The van der Waals surface area contributed by atoms with Crippen molar-refractivity contribution in [2.24, 2.45) is 11.8 Å². The predicted octanol–water partition coefficient (Wildman–Crippen LogP) is 3.94. The van der Waals surface area contributed by atoms with Crippen molar-refractivity contribution in [3.05, 3.63) is 34.3 Å². The summed E-state index contributed by atoms with van der Waals surface area (Å²) in [4.78, 5) is 12.2. The smallest absolute Gasteiger partial charge is 0.220 e. The number of hydrogen-bond acceptors (Lipinski definition) is 2. The van der Waals surface area contributed by atoms with Gasteiger partial charge in [-0.2, -0.15) is 0 Å². The van der Waals surface area contributed by atoms with E-state index in [-0.39, 0.29) is 24.4 Å². The summed E-state index contributed by atoms with van der Waals surface area (Å²) in [5.41, 5.74) is 1.25. The van der Waals surface area contributed by atoms with Crippen molar-refractivity contribution in [1.29, 1.82) is 0 Å². The molecule has 3 nitrogen and oxygen atoms in total. The van der Waals surface area contributed by atoms with Crippen LogP contribution in [0.2, 0.25) is 0 Å². The summed E-state index contributed by atoms with van der Waals surface area (Å²) in [5, 5.41) is 6.57. The molecule has 23 heavy (non-hydrogen) atoms. The molecule has 1 amide bonds. The van der Waals surface area contributed by atoms with Crippen LogP contribution >= 0.6 is 28.3 Å². The number of piperidine rings is 1. The highest BCUT2D eigenvalue weighted by Gasteiger charge is 2.22. The van der Waals surface area contributed by atoms with E-state index in [1.807, 2.05) is 12.1 Å². The first-order chi connectivity index (χ1) is 10.5. The third-order valence-electron chi connectivity index (χ3n) is 4.51. The van der Waals surface area contributed by atoms with Crippen molar-refractivity contribution in [3.8, 4) is 0 Å². The van der Waals surface area contributed by atoms with E-state index in [0.29, 0.717) is 18.3 Å². The lowest BCUT2D eigenvalue weighted by Crippen LogP contribution is -2.38. The van der Waals surface area contributed by atoms with Gasteiger partial charge in [-0.1, -0.05) is 35.0 Å². The van der Waals surface area contributed by atoms with Crippen LogP contribution in [0.25, 0.3) is 0 Å². The summed E-state index contributed by atoms with van der Waals surface area (Å²) in [6.45, 7) is 6.46. The first kappa shape index (κ1) is 20.5. The fourth-order valence-electron chi connectivity index (χ4n) is 3.18. The van der Waals surface area contributed by atoms with E-state index in [9.17, 15) is 4.79 Å². The second-order valence-electron chi connectivity index (χ2n) is 6.59. The largest absolute Gasteiger partial charge is 0.353 e. The highest BCUT2D eigenvalue weighted by Crippen LogP contribution is 2.22. The van der Waals surface area contributed by atoms with Crippen molar-refractivity contribution in [2.45, 2.75) is 45.6 Å². The quantitative estimate of drug-likeness (QED) is 0.755. The molecule has 2 N–H and O–H groups in total. The van der Waals surface area contributed by atoms with E-state index in [4.69, 9.17) is 0 Å². The fraction of sp³-hybridized carbons (Fsp3) is 0.611. The average Bonchev–Trinajstić information content (AvgIpc) is 2.50. The molecular formula is C18H28BrClN2O. The molecule has 5 heteroatoms. The molecule has 0 aliphatic carbocycles. The van der Waals surface area contributed by atoms with E-state index in [1.165, 1.54) is 18.4 Å². The lowest BCUT2D eigenvalue weighted by Gasteiger charge is -2.28. The number of carbonyl (C=O) groups is 1. The fourth-order valence-corrected chi connectivity index (χ4v) is 3.45. The van der Waals surface area contributed by atoms with Gasteiger partial charge in [-0.3, -0.25) is 4.79 Å². The molecule has 0 saturated carbocycles. The highest BCUT2D eigenvalue weighted by molar-refractivity contribution is 9.10. The Morgan fingerprint density at radius 3 is 2.65 bits per heavy atom. The Balaban J connectivity index is 0.00000264. The molecule has 1 aromatic carbocycles. The van der Waals surface area contributed by atoms with Crippen LogP contribution in [0, 0.1) is 11.8 Å². The molecule has 1 aliphatic heterocycles. The van der Waals surface area contributed by atoms with Gasteiger partial charge in [0.2, 0.25) is 5.91 Å².